The van der Waals surface area contributed by atoms with Gasteiger partial charge in [0, 0.05) is 47.3 Å². The highest BCUT2D eigenvalue weighted by Gasteiger charge is 2.36. The Hall–Kier alpha value is -3.34. The first-order valence-electron chi connectivity index (χ1n) is 11.0. The molecule has 9 nitrogen and oxygen atoms in total. The second kappa shape index (κ2) is 10.9. The van der Waals surface area contributed by atoms with E-state index in [9.17, 15) is 19.1 Å². The maximum Gasteiger partial charge on any atom is 0.338 e. The summed E-state index contributed by atoms with van der Waals surface area (Å²) in [5.74, 6) is -1.78. The number of aliphatic imine (C=N–C) groups is 1. The van der Waals surface area contributed by atoms with Crippen molar-refractivity contribution >= 4 is 29.4 Å². The van der Waals surface area contributed by atoms with Crippen molar-refractivity contribution in [1.29, 1.82) is 0 Å². The summed E-state index contributed by atoms with van der Waals surface area (Å²) in [6.45, 7) is 2.61. The van der Waals surface area contributed by atoms with Gasteiger partial charge in [0.05, 0.1) is 25.4 Å². The first-order valence-corrected chi connectivity index (χ1v) is 11.4. The highest BCUT2D eigenvalue weighted by molar-refractivity contribution is 6.31. The molecule has 0 bridgehead atoms. The maximum atomic E-state index is 13.8. The largest absolute Gasteiger partial charge is 0.480 e. The lowest BCUT2D eigenvalue weighted by atomic mass is 9.94. The van der Waals surface area contributed by atoms with Crippen LogP contribution in [0.15, 0.2) is 59.0 Å². The first kappa shape index (κ1) is 24.8. The summed E-state index contributed by atoms with van der Waals surface area (Å²) in [6, 6.07) is 5.60. The molecule has 35 heavy (non-hydrogen) atoms. The van der Waals surface area contributed by atoms with Crippen LogP contribution in [-0.4, -0.2) is 71.7 Å². The lowest BCUT2D eigenvalue weighted by molar-refractivity contribution is -0.149. The van der Waals surface area contributed by atoms with Gasteiger partial charge in [-0.2, -0.15) is 0 Å². The summed E-state index contributed by atoms with van der Waals surface area (Å²) in [5, 5.41) is 13.0. The number of ether oxygens (including phenoxy) is 2. The number of halogens is 2. The van der Waals surface area contributed by atoms with E-state index in [0.29, 0.717) is 35.8 Å². The number of hydrogen-bond acceptors (Lipinski definition) is 8. The molecule has 2 atom stereocenters. The smallest absolute Gasteiger partial charge is 0.338 e. The van der Waals surface area contributed by atoms with E-state index in [-0.39, 0.29) is 30.4 Å². The fraction of sp³-hybridized carbons (Fsp3) is 0.333. The van der Waals surface area contributed by atoms with Crippen molar-refractivity contribution in [1.82, 2.24) is 15.2 Å². The molecule has 3 heterocycles. The van der Waals surface area contributed by atoms with Crippen LogP contribution in [0, 0.1) is 5.82 Å². The topological polar surface area (TPSA) is 113 Å². The van der Waals surface area contributed by atoms with Gasteiger partial charge in [0.2, 0.25) is 0 Å². The van der Waals surface area contributed by atoms with Gasteiger partial charge in [-0.25, -0.2) is 9.18 Å². The van der Waals surface area contributed by atoms with Crippen LogP contribution in [0.3, 0.4) is 0 Å². The van der Waals surface area contributed by atoms with Crippen molar-refractivity contribution in [2.45, 2.75) is 19.0 Å². The zero-order valence-corrected chi connectivity index (χ0v) is 19.7. The summed E-state index contributed by atoms with van der Waals surface area (Å²) in [4.78, 5) is 35.6. The Balaban J connectivity index is 1.85. The van der Waals surface area contributed by atoms with Crippen LogP contribution in [0.1, 0.15) is 24.1 Å². The van der Waals surface area contributed by atoms with Crippen molar-refractivity contribution < 1.29 is 28.6 Å². The molecule has 2 aromatic rings. The number of carboxylic acid groups (broad SMARTS) is 1. The van der Waals surface area contributed by atoms with Crippen LogP contribution >= 0.6 is 11.6 Å². The van der Waals surface area contributed by atoms with Gasteiger partial charge in [-0.05, 0) is 31.2 Å². The van der Waals surface area contributed by atoms with Crippen LogP contribution < -0.4 is 5.32 Å². The number of morpholine rings is 1. The predicted molar refractivity (Wildman–Crippen MR) is 126 cm³/mol. The number of pyridine rings is 1. The molecule has 4 rings (SSSR count). The molecule has 1 aromatic heterocycles. The Morgan fingerprint density at radius 3 is 2.89 bits per heavy atom. The van der Waals surface area contributed by atoms with Crippen LogP contribution in [0.25, 0.3) is 0 Å². The molecule has 11 heteroatoms. The Bertz CT molecular complexity index is 1170. The second-order valence-corrected chi connectivity index (χ2v) is 8.33. The zero-order chi connectivity index (χ0) is 24.9. The number of nitrogens with zero attached hydrogens (tertiary/aromatic N) is 3. The number of carbonyl (C=O) groups excluding carboxylic acids is 1. The Kier molecular flexibility index (Phi) is 7.74. The van der Waals surface area contributed by atoms with Crippen LogP contribution in [0.2, 0.25) is 5.02 Å². The zero-order valence-electron chi connectivity index (χ0n) is 18.9. The minimum Gasteiger partial charge on any atom is -0.480 e. The van der Waals surface area contributed by atoms with E-state index in [2.05, 4.69) is 10.3 Å². The van der Waals surface area contributed by atoms with Gasteiger partial charge in [0.25, 0.3) is 0 Å². The summed E-state index contributed by atoms with van der Waals surface area (Å²) < 4.78 is 24.5. The van der Waals surface area contributed by atoms with Crippen molar-refractivity contribution in [3.8, 4) is 0 Å². The monoisotopic (exact) mass is 502 g/mol. The number of aliphatic carboxylic acids is 1. The highest BCUT2D eigenvalue weighted by atomic mass is 35.5. The predicted octanol–water partition coefficient (Wildman–Crippen LogP) is 2.57. The summed E-state index contributed by atoms with van der Waals surface area (Å²) in [7, 11) is 0. The van der Waals surface area contributed by atoms with Gasteiger partial charge in [-0.3, -0.25) is 19.7 Å². The minimum atomic E-state index is -1.03. The normalized spacial score (nSPS) is 20.7. The fourth-order valence-corrected chi connectivity index (χ4v) is 4.30. The van der Waals surface area contributed by atoms with Crippen LogP contribution in [0.5, 0.6) is 0 Å². The van der Waals surface area contributed by atoms with Crippen molar-refractivity contribution in [3.63, 3.8) is 0 Å². The Morgan fingerprint density at radius 1 is 1.37 bits per heavy atom. The molecule has 0 spiro atoms. The number of aromatic nitrogens is 1. The van der Waals surface area contributed by atoms with Gasteiger partial charge in [0.15, 0.2) is 0 Å². The van der Waals surface area contributed by atoms with Crippen molar-refractivity contribution in [2.24, 2.45) is 4.99 Å². The summed E-state index contributed by atoms with van der Waals surface area (Å²) in [6.07, 6.45) is 3.23. The average molecular weight is 503 g/mol. The number of nitrogens with one attached hydrogen (secondary N) is 1. The molecule has 2 aliphatic rings. The molecule has 1 saturated heterocycles. The highest BCUT2D eigenvalue weighted by Crippen LogP contribution is 2.37. The van der Waals surface area contributed by atoms with Gasteiger partial charge in [0.1, 0.15) is 23.7 Å². The third-order valence-electron chi connectivity index (χ3n) is 5.70. The van der Waals surface area contributed by atoms with E-state index in [1.54, 1.807) is 36.4 Å². The fourth-order valence-electron chi connectivity index (χ4n) is 4.03. The molecule has 0 radical (unpaired) electrons. The number of amidine groups is 1. The van der Waals surface area contributed by atoms with E-state index in [1.165, 1.54) is 12.1 Å². The Labute approximate surface area is 206 Å². The van der Waals surface area contributed by atoms with Gasteiger partial charge in [-0.15, -0.1) is 0 Å². The maximum absolute atomic E-state index is 13.8. The number of carbonyl (C=O) groups is 2. The second-order valence-electron chi connectivity index (χ2n) is 7.92. The molecule has 2 unspecified atom stereocenters. The molecule has 2 aliphatic heterocycles. The standard InChI is InChI=1S/C24H24ClFN4O5/c1-2-35-24(33)20-18(12-30-8-9-34-13-19(30)23(31)32)28-22(14-4-3-7-27-11-14)29-21(20)16-6-5-15(26)10-17(16)25/h3-7,10-11,19,21H,2,8-9,12-13H2,1H3,(H,28,29)(H,31,32). The number of benzene rings is 1. The first-order chi connectivity index (χ1) is 16.9. The van der Waals surface area contributed by atoms with E-state index >= 15 is 0 Å². The molecular formula is C24H24ClFN4O5. The van der Waals surface area contributed by atoms with Crippen LogP contribution in [0.4, 0.5) is 4.39 Å². The third-order valence-corrected chi connectivity index (χ3v) is 6.03. The van der Waals surface area contributed by atoms with Gasteiger partial charge < -0.3 is 19.9 Å². The van der Waals surface area contributed by atoms with Gasteiger partial charge >= 0.3 is 11.9 Å². The molecule has 0 aliphatic carbocycles. The lowest BCUT2D eigenvalue weighted by Crippen LogP contribution is -2.52. The summed E-state index contributed by atoms with van der Waals surface area (Å²) in [5.41, 5.74) is 1.64. The molecule has 184 valence electrons. The van der Waals surface area contributed by atoms with E-state index in [0.717, 1.165) is 6.07 Å². The molecular weight excluding hydrogens is 479 g/mol. The molecule has 2 N–H and O–H groups in total. The quantitative estimate of drug-likeness (QED) is 0.555. The van der Waals surface area contributed by atoms with Crippen molar-refractivity contribution in [3.05, 3.63) is 76.0 Å². The van der Waals surface area contributed by atoms with E-state index < -0.39 is 29.8 Å². The third kappa shape index (κ3) is 5.50. The summed E-state index contributed by atoms with van der Waals surface area (Å²) >= 11 is 6.39. The van der Waals surface area contributed by atoms with Gasteiger partial charge in [-0.1, -0.05) is 17.7 Å². The number of rotatable bonds is 7. The van der Waals surface area contributed by atoms with Crippen molar-refractivity contribution in [2.75, 3.05) is 32.9 Å². The van der Waals surface area contributed by atoms with E-state index in [4.69, 9.17) is 26.1 Å². The Morgan fingerprint density at radius 2 is 2.20 bits per heavy atom. The number of hydrogen-bond donors (Lipinski definition) is 2. The molecule has 0 saturated carbocycles. The number of carboxylic acids is 1. The van der Waals surface area contributed by atoms with E-state index in [1.807, 2.05) is 0 Å². The molecule has 1 fully saturated rings. The number of esters is 1. The molecule has 1 aromatic carbocycles. The average Bonchev–Trinajstić information content (AvgIpc) is 2.84. The van der Waals surface area contributed by atoms with Crippen LogP contribution in [-0.2, 0) is 19.1 Å². The molecule has 0 amide bonds. The SMILES string of the molecule is CCOC(=O)C1=C(CN2CCOCC2C(=O)O)NC(c2cccnc2)=NC1c1ccc(F)cc1Cl. The minimum absolute atomic E-state index is 0.0219. The lowest BCUT2D eigenvalue weighted by Gasteiger charge is -2.36.